The van der Waals surface area contributed by atoms with Crippen LogP contribution in [0.1, 0.15) is 13.3 Å². The summed E-state index contributed by atoms with van der Waals surface area (Å²) in [5.41, 5.74) is 0. The van der Waals surface area contributed by atoms with Crippen LogP contribution in [-0.4, -0.2) is 36.0 Å². The van der Waals surface area contributed by atoms with Gasteiger partial charge in [-0.1, -0.05) is 6.92 Å². The Hall–Kier alpha value is -1.17. The first-order valence-corrected chi connectivity index (χ1v) is 5.22. The van der Waals surface area contributed by atoms with E-state index in [0.717, 1.165) is 6.42 Å². The third kappa shape index (κ3) is 4.14. The zero-order valence-electron chi connectivity index (χ0n) is 9.49. The molecule has 0 saturated heterocycles. The highest BCUT2D eigenvalue weighted by Crippen LogP contribution is 2.08. The Morgan fingerprint density at radius 3 is 2.88 bits per heavy atom. The number of nitrogens with zero attached hydrogens (tertiary/aromatic N) is 2. The number of halogens is 2. The van der Waals surface area contributed by atoms with Crippen LogP contribution in [0.5, 0.6) is 0 Å². The fraction of sp³-hybridized carbons (Fsp3) is 0.700. The van der Waals surface area contributed by atoms with E-state index < -0.39 is 6.43 Å². The first-order chi connectivity index (χ1) is 7.65. The predicted molar refractivity (Wildman–Crippen MR) is 57.8 cm³/mol. The Morgan fingerprint density at radius 2 is 2.31 bits per heavy atom. The third-order valence-corrected chi connectivity index (χ3v) is 2.18. The highest BCUT2D eigenvalue weighted by atomic mass is 19.3. The van der Waals surface area contributed by atoms with Crippen LogP contribution in [0.15, 0.2) is 12.3 Å². The molecule has 1 aromatic heterocycles. The highest BCUT2D eigenvalue weighted by Gasteiger charge is 2.09. The number of hydrogen-bond donors (Lipinski definition) is 1. The number of rotatable bonds is 7. The van der Waals surface area contributed by atoms with Crippen LogP contribution in [0.4, 0.5) is 14.6 Å². The summed E-state index contributed by atoms with van der Waals surface area (Å²) in [6.07, 6.45) is 0.0394. The molecule has 0 saturated carbocycles. The van der Waals surface area contributed by atoms with Crippen LogP contribution in [0.3, 0.4) is 0 Å². The van der Waals surface area contributed by atoms with Gasteiger partial charge < -0.3 is 10.1 Å². The minimum atomic E-state index is -2.38. The Morgan fingerprint density at radius 1 is 1.56 bits per heavy atom. The third-order valence-electron chi connectivity index (χ3n) is 2.18. The van der Waals surface area contributed by atoms with Crippen molar-refractivity contribution in [1.29, 1.82) is 0 Å². The molecular weight excluding hydrogens is 216 g/mol. The van der Waals surface area contributed by atoms with Crippen LogP contribution >= 0.6 is 0 Å². The summed E-state index contributed by atoms with van der Waals surface area (Å²) in [5.74, 6) is 0.601. The van der Waals surface area contributed by atoms with Crippen molar-refractivity contribution in [3.63, 3.8) is 0 Å². The van der Waals surface area contributed by atoms with Crippen LogP contribution < -0.4 is 5.32 Å². The topological polar surface area (TPSA) is 39.1 Å². The van der Waals surface area contributed by atoms with E-state index in [1.807, 2.05) is 6.92 Å². The maximum absolute atomic E-state index is 12.1. The molecule has 0 bridgehead atoms. The monoisotopic (exact) mass is 233 g/mol. The van der Waals surface area contributed by atoms with Crippen molar-refractivity contribution >= 4 is 5.82 Å². The predicted octanol–water partition coefficient (Wildman–Crippen LogP) is 1.99. The van der Waals surface area contributed by atoms with Gasteiger partial charge in [0, 0.05) is 19.4 Å². The fourth-order valence-corrected chi connectivity index (χ4v) is 1.35. The molecule has 1 heterocycles. The molecule has 1 rings (SSSR count). The second-order valence-electron chi connectivity index (χ2n) is 3.52. The summed E-state index contributed by atoms with van der Waals surface area (Å²) in [6, 6.07) is 1.83. The minimum absolute atomic E-state index is 0.153. The van der Waals surface area contributed by atoms with Gasteiger partial charge in [0.1, 0.15) is 12.4 Å². The van der Waals surface area contributed by atoms with Gasteiger partial charge in [-0.05, 0) is 6.42 Å². The van der Waals surface area contributed by atoms with Gasteiger partial charge in [0.15, 0.2) is 0 Å². The van der Waals surface area contributed by atoms with Crippen molar-refractivity contribution in [1.82, 2.24) is 9.78 Å². The molecule has 0 radical (unpaired) electrons. The standard InChI is InChI=1S/C10H17F2N3O/c1-3-8(7-16-2)13-10-4-5-15(14-10)6-9(11)12/h4-5,8-9H,3,6-7H2,1-2H3,(H,13,14). The molecule has 1 unspecified atom stereocenters. The average molecular weight is 233 g/mol. The van der Waals surface area contributed by atoms with Crippen molar-refractivity contribution in [2.24, 2.45) is 0 Å². The lowest BCUT2D eigenvalue weighted by molar-refractivity contribution is 0.122. The number of anilines is 1. The van der Waals surface area contributed by atoms with Gasteiger partial charge in [-0.15, -0.1) is 0 Å². The molecule has 92 valence electrons. The van der Waals surface area contributed by atoms with Gasteiger partial charge in [-0.25, -0.2) is 8.78 Å². The van der Waals surface area contributed by atoms with E-state index in [9.17, 15) is 8.78 Å². The summed E-state index contributed by atoms with van der Waals surface area (Å²) in [4.78, 5) is 0. The van der Waals surface area contributed by atoms with E-state index in [-0.39, 0.29) is 12.6 Å². The molecule has 1 atom stereocenters. The van der Waals surface area contributed by atoms with Gasteiger partial charge in [0.05, 0.1) is 12.6 Å². The van der Waals surface area contributed by atoms with Crippen molar-refractivity contribution in [2.75, 3.05) is 19.0 Å². The lowest BCUT2D eigenvalue weighted by Gasteiger charge is -2.14. The molecule has 0 spiro atoms. The molecule has 0 amide bonds. The maximum Gasteiger partial charge on any atom is 0.257 e. The Labute approximate surface area is 93.6 Å². The Bertz CT molecular complexity index is 304. The molecule has 0 aliphatic rings. The van der Waals surface area contributed by atoms with Gasteiger partial charge in [-0.3, -0.25) is 4.68 Å². The summed E-state index contributed by atoms with van der Waals surface area (Å²) in [7, 11) is 1.62. The number of nitrogens with one attached hydrogen (secondary N) is 1. The molecule has 0 aliphatic heterocycles. The van der Waals surface area contributed by atoms with Crippen molar-refractivity contribution in [3.8, 4) is 0 Å². The lowest BCUT2D eigenvalue weighted by atomic mass is 10.2. The summed E-state index contributed by atoms with van der Waals surface area (Å²) >= 11 is 0. The number of hydrogen-bond acceptors (Lipinski definition) is 3. The zero-order chi connectivity index (χ0) is 12.0. The normalized spacial score (nSPS) is 13.1. The average Bonchev–Trinajstić information content (AvgIpc) is 2.64. The first kappa shape index (κ1) is 12.9. The number of alkyl halides is 2. The molecule has 1 N–H and O–H groups in total. The quantitative estimate of drug-likeness (QED) is 0.782. The number of methoxy groups -OCH3 is 1. The van der Waals surface area contributed by atoms with Crippen molar-refractivity contribution < 1.29 is 13.5 Å². The van der Waals surface area contributed by atoms with E-state index in [0.29, 0.717) is 12.4 Å². The minimum Gasteiger partial charge on any atom is -0.383 e. The summed E-state index contributed by atoms with van der Waals surface area (Å²) in [6.45, 7) is 2.22. The van der Waals surface area contributed by atoms with E-state index >= 15 is 0 Å². The Balaban J connectivity index is 2.50. The van der Waals surface area contributed by atoms with Crippen molar-refractivity contribution in [3.05, 3.63) is 12.3 Å². The molecule has 0 aliphatic carbocycles. The molecule has 0 fully saturated rings. The molecule has 6 heteroatoms. The second kappa shape index (κ2) is 6.42. The van der Waals surface area contributed by atoms with E-state index in [2.05, 4.69) is 10.4 Å². The van der Waals surface area contributed by atoms with Crippen LogP contribution in [0.25, 0.3) is 0 Å². The van der Waals surface area contributed by atoms with E-state index in [4.69, 9.17) is 4.74 Å². The summed E-state index contributed by atoms with van der Waals surface area (Å²) < 4.78 is 30.4. The number of aromatic nitrogens is 2. The maximum atomic E-state index is 12.1. The summed E-state index contributed by atoms with van der Waals surface area (Å²) in [5, 5.41) is 7.11. The second-order valence-corrected chi connectivity index (χ2v) is 3.52. The van der Waals surface area contributed by atoms with Crippen LogP contribution in [0.2, 0.25) is 0 Å². The molecule has 0 aromatic carbocycles. The lowest BCUT2D eigenvalue weighted by Crippen LogP contribution is -2.24. The highest BCUT2D eigenvalue weighted by molar-refractivity contribution is 5.33. The van der Waals surface area contributed by atoms with Crippen molar-refractivity contribution in [2.45, 2.75) is 32.4 Å². The van der Waals surface area contributed by atoms with Gasteiger partial charge in [0.25, 0.3) is 6.43 Å². The fourth-order valence-electron chi connectivity index (χ4n) is 1.35. The SMILES string of the molecule is CCC(COC)Nc1ccn(CC(F)F)n1. The molecule has 1 aromatic rings. The van der Waals surface area contributed by atoms with Gasteiger partial charge in [0.2, 0.25) is 0 Å². The smallest absolute Gasteiger partial charge is 0.257 e. The zero-order valence-corrected chi connectivity index (χ0v) is 9.49. The number of ether oxygens (including phenoxy) is 1. The van der Waals surface area contributed by atoms with Crippen LogP contribution in [-0.2, 0) is 11.3 Å². The molecule has 4 nitrogen and oxygen atoms in total. The van der Waals surface area contributed by atoms with E-state index in [1.165, 1.54) is 10.9 Å². The first-order valence-electron chi connectivity index (χ1n) is 5.22. The van der Waals surface area contributed by atoms with Gasteiger partial charge >= 0.3 is 0 Å². The molecular formula is C10H17F2N3O. The molecule has 16 heavy (non-hydrogen) atoms. The van der Waals surface area contributed by atoms with Crippen LogP contribution in [0, 0.1) is 0 Å². The Kier molecular flexibility index (Phi) is 5.18. The largest absolute Gasteiger partial charge is 0.383 e. The van der Waals surface area contributed by atoms with Gasteiger partial charge in [-0.2, -0.15) is 5.10 Å². The van der Waals surface area contributed by atoms with E-state index in [1.54, 1.807) is 13.2 Å².